The summed E-state index contributed by atoms with van der Waals surface area (Å²) in [5.74, 6) is 0.778. The summed E-state index contributed by atoms with van der Waals surface area (Å²) in [6.07, 6.45) is 1.80. The molecule has 0 aliphatic rings. The number of thioether (sulfide) groups is 1. The number of anilines is 1. The minimum Gasteiger partial charge on any atom is -0.431 e. The maximum absolute atomic E-state index is 5.69. The first kappa shape index (κ1) is 10.6. The Labute approximate surface area is 106 Å². The second kappa shape index (κ2) is 4.38. The zero-order valence-corrected chi connectivity index (χ0v) is 10.4. The van der Waals surface area contributed by atoms with Crippen LogP contribution in [-0.4, -0.2) is 9.97 Å². The van der Waals surface area contributed by atoms with E-state index in [1.807, 2.05) is 23.6 Å². The summed E-state index contributed by atoms with van der Waals surface area (Å²) in [6, 6.07) is 5.46. The van der Waals surface area contributed by atoms with Gasteiger partial charge in [-0.05, 0) is 18.2 Å². The number of hydrogen-bond donors (Lipinski definition) is 1. The molecule has 0 amide bonds. The number of hydrogen-bond acceptors (Lipinski definition) is 6. The molecule has 0 saturated heterocycles. The van der Waals surface area contributed by atoms with Crippen LogP contribution in [0.5, 0.6) is 0 Å². The van der Waals surface area contributed by atoms with Crippen LogP contribution in [0.3, 0.4) is 0 Å². The molecule has 0 atom stereocenters. The van der Waals surface area contributed by atoms with E-state index in [4.69, 9.17) is 10.2 Å². The summed E-state index contributed by atoms with van der Waals surface area (Å²) in [5, 5.41) is 3.68. The van der Waals surface area contributed by atoms with Gasteiger partial charge in [-0.3, -0.25) is 0 Å². The number of nitrogens with two attached hydrogens (primary N) is 1. The minimum atomic E-state index is 0.654. The first-order valence-corrected chi connectivity index (χ1v) is 6.85. The molecule has 0 radical (unpaired) electrons. The number of rotatable bonds is 3. The van der Waals surface area contributed by atoms with Crippen LogP contribution in [0.2, 0.25) is 0 Å². The van der Waals surface area contributed by atoms with Crippen LogP contribution >= 0.6 is 23.1 Å². The number of benzene rings is 1. The zero-order valence-electron chi connectivity index (χ0n) is 8.79. The molecule has 2 heterocycles. The molecule has 0 saturated carbocycles. The molecule has 4 nitrogen and oxygen atoms in total. The van der Waals surface area contributed by atoms with Crippen LogP contribution in [0.15, 0.2) is 39.4 Å². The van der Waals surface area contributed by atoms with Crippen molar-refractivity contribution < 1.29 is 4.42 Å². The average Bonchev–Trinajstić information content (AvgIpc) is 2.94. The fourth-order valence-corrected chi connectivity index (χ4v) is 2.92. The molecule has 0 bridgehead atoms. The Morgan fingerprint density at radius 1 is 1.41 bits per heavy atom. The standard InChI is InChI=1S/C11H9N3OS2/c12-7-1-2-9-8(5-7)14-11(15-9)17-6-10-13-3-4-16-10/h1-5H,6,12H2. The summed E-state index contributed by atoms with van der Waals surface area (Å²) in [4.78, 5) is 8.57. The van der Waals surface area contributed by atoms with E-state index < -0.39 is 0 Å². The molecule has 2 N–H and O–H groups in total. The number of aromatic nitrogens is 2. The van der Waals surface area contributed by atoms with E-state index in [0.29, 0.717) is 10.9 Å². The number of nitrogen functional groups attached to an aromatic ring is 1. The van der Waals surface area contributed by atoms with Crippen molar-refractivity contribution in [3.05, 3.63) is 34.8 Å². The zero-order chi connectivity index (χ0) is 11.7. The second-order valence-electron chi connectivity index (χ2n) is 3.42. The number of oxazole rings is 1. The fraction of sp³-hybridized carbons (Fsp3) is 0.0909. The molecule has 0 fully saturated rings. The third kappa shape index (κ3) is 2.27. The van der Waals surface area contributed by atoms with Crippen molar-refractivity contribution in [2.75, 3.05) is 5.73 Å². The largest absolute Gasteiger partial charge is 0.431 e. The van der Waals surface area contributed by atoms with Gasteiger partial charge in [0.25, 0.3) is 5.22 Å². The Morgan fingerprint density at radius 3 is 3.18 bits per heavy atom. The Balaban J connectivity index is 1.81. The number of nitrogens with zero attached hydrogens (tertiary/aromatic N) is 2. The highest BCUT2D eigenvalue weighted by Gasteiger charge is 2.07. The van der Waals surface area contributed by atoms with E-state index in [-0.39, 0.29) is 0 Å². The monoisotopic (exact) mass is 263 g/mol. The van der Waals surface area contributed by atoms with Gasteiger partial charge in [-0.1, -0.05) is 11.8 Å². The molecule has 3 aromatic rings. The average molecular weight is 263 g/mol. The summed E-state index contributed by atoms with van der Waals surface area (Å²) in [6.45, 7) is 0. The second-order valence-corrected chi connectivity index (χ2v) is 5.33. The highest BCUT2D eigenvalue weighted by Crippen LogP contribution is 2.27. The van der Waals surface area contributed by atoms with Gasteiger partial charge in [0.2, 0.25) is 0 Å². The van der Waals surface area contributed by atoms with Gasteiger partial charge in [-0.2, -0.15) is 0 Å². The smallest absolute Gasteiger partial charge is 0.257 e. The number of fused-ring (bicyclic) bond motifs is 1. The van der Waals surface area contributed by atoms with Gasteiger partial charge >= 0.3 is 0 Å². The first-order valence-electron chi connectivity index (χ1n) is 4.98. The molecule has 0 unspecified atom stereocenters. The minimum absolute atomic E-state index is 0.654. The van der Waals surface area contributed by atoms with Gasteiger partial charge in [0, 0.05) is 17.3 Å². The fourth-order valence-electron chi connectivity index (χ4n) is 1.43. The Kier molecular flexibility index (Phi) is 2.74. The van der Waals surface area contributed by atoms with Crippen molar-refractivity contribution in [3.63, 3.8) is 0 Å². The molecule has 3 rings (SSSR count). The molecule has 17 heavy (non-hydrogen) atoms. The van der Waals surface area contributed by atoms with Crippen molar-refractivity contribution >= 4 is 39.9 Å². The quantitative estimate of drug-likeness (QED) is 0.581. The highest BCUT2D eigenvalue weighted by molar-refractivity contribution is 7.98. The van der Waals surface area contributed by atoms with E-state index >= 15 is 0 Å². The molecule has 2 aromatic heterocycles. The molecule has 1 aromatic carbocycles. The Bertz CT molecular complexity index is 633. The Morgan fingerprint density at radius 2 is 2.35 bits per heavy atom. The maximum Gasteiger partial charge on any atom is 0.257 e. The SMILES string of the molecule is Nc1ccc2oc(SCc3nccs3)nc2c1. The van der Waals surface area contributed by atoms with Gasteiger partial charge in [-0.25, -0.2) is 9.97 Å². The lowest BCUT2D eigenvalue weighted by Gasteiger charge is -1.90. The molecular formula is C11H9N3OS2. The molecule has 86 valence electrons. The van der Waals surface area contributed by atoms with Crippen LogP contribution in [-0.2, 0) is 5.75 Å². The predicted octanol–water partition coefficient (Wildman–Crippen LogP) is 3.16. The van der Waals surface area contributed by atoms with Crippen molar-refractivity contribution in [1.82, 2.24) is 9.97 Å². The maximum atomic E-state index is 5.69. The third-order valence-corrected chi connectivity index (χ3v) is 4.00. The third-order valence-electron chi connectivity index (χ3n) is 2.19. The van der Waals surface area contributed by atoms with E-state index in [0.717, 1.165) is 21.9 Å². The normalized spacial score (nSPS) is 11.1. The van der Waals surface area contributed by atoms with Gasteiger partial charge in [0.1, 0.15) is 10.5 Å². The van der Waals surface area contributed by atoms with Gasteiger partial charge in [0.15, 0.2) is 5.58 Å². The van der Waals surface area contributed by atoms with E-state index in [1.54, 1.807) is 17.5 Å². The van der Waals surface area contributed by atoms with Crippen LogP contribution in [0.1, 0.15) is 5.01 Å². The van der Waals surface area contributed by atoms with Crippen LogP contribution in [0.25, 0.3) is 11.1 Å². The molecule has 0 spiro atoms. The van der Waals surface area contributed by atoms with Crippen LogP contribution in [0.4, 0.5) is 5.69 Å². The van der Waals surface area contributed by atoms with Crippen LogP contribution < -0.4 is 5.73 Å². The molecule has 6 heteroatoms. The lowest BCUT2D eigenvalue weighted by molar-refractivity contribution is 0.489. The summed E-state index contributed by atoms with van der Waals surface area (Å²) >= 11 is 3.17. The summed E-state index contributed by atoms with van der Waals surface area (Å²) < 4.78 is 5.59. The van der Waals surface area contributed by atoms with Gasteiger partial charge in [-0.15, -0.1) is 11.3 Å². The van der Waals surface area contributed by atoms with Gasteiger partial charge in [0.05, 0.1) is 5.75 Å². The number of thiazole rings is 1. The van der Waals surface area contributed by atoms with Crippen molar-refractivity contribution in [1.29, 1.82) is 0 Å². The van der Waals surface area contributed by atoms with Gasteiger partial charge < -0.3 is 10.2 Å². The van der Waals surface area contributed by atoms with Crippen molar-refractivity contribution in [3.8, 4) is 0 Å². The predicted molar refractivity (Wildman–Crippen MR) is 70.1 cm³/mol. The molecular weight excluding hydrogens is 254 g/mol. The molecule has 0 aliphatic carbocycles. The van der Waals surface area contributed by atoms with E-state index in [1.165, 1.54) is 11.8 Å². The van der Waals surface area contributed by atoms with Crippen molar-refractivity contribution in [2.24, 2.45) is 0 Å². The highest BCUT2D eigenvalue weighted by atomic mass is 32.2. The van der Waals surface area contributed by atoms with E-state index in [9.17, 15) is 0 Å². The lowest BCUT2D eigenvalue weighted by Crippen LogP contribution is -1.82. The van der Waals surface area contributed by atoms with E-state index in [2.05, 4.69) is 9.97 Å². The van der Waals surface area contributed by atoms with Crippen molar-refractivity contribution in [2.45, 2.75) is 11.0 Å². The topological polar surface area (TPSA) is 64.9 Å². The summed E-state index contributed by atoms with van der Waals surface area (Å²) in [7, 11) is 0. The lowest BCUT2D eigenvalue weighted by atomic mass is 10.3. The molecule has 0 aliphatic heterocycles. The first-order chi connectivity index (χ1) is 8.31. The summed E-state index contributed by atoms with van der Waals surface area (Å²) in [5.41, 5.74) is 7.95. The Hall–Kier alpha value is -1.53. The van der Waals surface area contributed by atoms with Crippen LogP contribution in [0, 0.1) is 0 Å².